The number of hydrogen-bond acceptors (Lipinski definition) is 0. The largest absolute Gasteiger partial charge is 3.00 e. The minimum Gasteiger partial charge on any atom is -3.00 e. The number of rotatable bonds is 0. The molecular formula is B3N2Ni3P3. The molecule has 0 saturated carbocycles. The molecule has 0 N–H and O–H groups in total. The van der Waals surface area contributed by atoms with Crippen LogP contribution in [0.3, 0.4) is 0 Å². The average Bonchev–Trinajstić information content (AvgIpc) is 0. The van der Waals surface area contributed by atoms with Gasteiger partial charge >= 0.3 is 49.5 Å². The third-order valence-corrected chi connectivity index (χ3v) is 0. The third-order valence-electron chi connectivity index (χ3n) is 0. The summed E-state index contributed by atoms with van der Waals surface area (Å²) in [5, 5.41) is 0. The summed E-state index contributed by atoms with van der Waals surface area (Å²) in [6, 6.07) is 0. The molecule has 0 aliphatic rings. The Bertz CT molecular complexity index is 21.8. The van der Waals surface area contributed by atoms with Crippen LogP contribution < -0.4 is 0 Å². The molecule has 0 atom stereocenters. The van der Waals surface area contributed by atoms with Crippen LogP contribution in [0.25, 0.3) is 12.3 Å². The van der Waals surface area contributed by atoms with E-state index in [1.54, 1.807) is 0 Å². The predicted octanol–water partition coefficient (Wildman–Crippen LogP) is 2.01. The topological polar surface area (TPSA) is 61.0 Å². The summed E-state index contributed by atoms with van der Waals surface area (Å²) in [5.74, 6) is 0. The monoisotopic (exact) mass is 328 g/mol. The zero-order chi connectivity index (χ0) is 0. The molecule has 11 heavy (non-hydrogen) atoms. The van der Waals surface area contributed by atoms with E-state index in [2.05, 4.69) is 0 Å². The molecule has 0 aliphatic heterocycles. The van der Waals surface area contributed by atoms with Gasteiger partial charge in [0.1, 0.15) is 0 Å². The summed E-state index contributed by atoms with van der Waals surface area (Å²) in [5.41, 5.74) is 0. The SMILES string of the molecule is [B].[B].[B].[N-3].[N-3].[Ni+2].[Ni+2].[Ni+2].[P].[P].[P]. The molecule has 0 aromatic rings. The van der Waals surface area contributed by atoms with Gasteiger partial charge in [0.2, 0.25) is 0 Å². The van der Waals surface area contributed by atoms with Crippen LogP contribution in [-0.2, 0) is 49.5 Å². The molecule has 0 heterocycles. The fourth-order valence-corrected chi connectivity index (χ4v) is 0. The van der Waals surface area contributed by atoms with Crippen molar-refractivity contribution < 1.29 is 49.5 Å². The standard InChI is InChI=1S/3B.2N.3Ni.3P/q;;;2*-3;3*+2;;;. The second kappa shape index (κ2) is 219. The summed E-state index contributed by atoms with van der Waals surface area (Å²) >= 11 is 0. The van der Waals surface area contributed by atoms with Gasteiger partial charge in [-0.05, 0) is 0 Å². The summed E-state index contributed by atoms with van der Waals surface area (Å²) in [4.78, 5) is 0. The van der Waals surface area contributed by atoms with Crippen LogP contribution in [0, 0.1) is 0 Å². The molecule has 0 aromatic carbocycles. The molecule has 0 aliphatic carbocycles. The van der Waals surface area contributed by atoms with E-state index in [1.165, 1.54) is 0 Å². The van der Waals surface area contributed by atoms with E-state index >= 15 is 0 Å². The van der Waals surface area contributed by atoms with Crippen LogP contribution in [0.15, 0.2) is 0 Å². The van der Waals surface area contributed by atoms with E-state index in [9.17, 15) is 0 Å². The van der Waals surface area contributed by atoms with Crippen LogP contribution in [0.2, 0.25) is 0 Å². The van der Waals surface area contributed by atoms with Gasteiger partial charge in [0, 0.05) is 54.9 Å². The van der Waals surface area contributed by atoms with Crippen molar-refractivity contribution in [2.45, 2.75) is 0 Å². The average molecular weight is 329 g/mol. The Kier molecular flexibility index (Phi) is 5500. The predicted molar refractivity (Wildman–Crippen MR) is 44.7 cm³/mol. The van der Waals surface area contributed by atoms with Gasteiger partial charge in [0.25, 0.3) is 0 Å². The molecule has 11 heteroatoms. The van der Waals surface area contributed by atoms with Crippen LogP contribution in [0.1, 0.15) is 0 Å². The maximum Gasteiger partial charge on any atom is 2.00 e. The Morgan fingerprint density at radius 1 is 0.364 bits per heavy atom. The minimum atomic E-state index is 0. The first kappa shape index (κ1) is 277. The van der Waals surface area contributed by atoms with Crippen LogP contribution >= 0.6 is 29.7 Å². The van der Waals surface area contributed by atoms with Gasteiger partial charge in [-0.1, -0.05) is 0 Å². The molecule has 18 radical (unpaired) electrons. The fourth-order valence-electron chi connectivity index (χ4n) is 0. The van der Waals surface area contributed by atoms with Gasteiger partial charge in [-0.15, -0.1) is 0 Å². The Balaban J connectivity index is 0. The van der Waals surface area contributed by atoms with E-state index in [-0.39, 0.29) is 117 Å². The van der Waals surface area contributed by atoms with Crippen LogP contribution in [-0.4, -0.2) is 25.2 Å². The maximum atomic E-state index is 0. The third kappa shape index (κ3) is 183. The zero-order valence-electron chi connectivity index (χ0n) is 4.92. The molecule has 0 unspecified atom stereocenters. The van der Waals surface area contributed by atoms with Crippen molar-refractivity contribution in [2.75, 3.05) is 0 Å². The van der Waals surface area contributed by atoms with E-state index in [1.807, 2.05) is 0 Å². The number of nitrogens with zero attached hydrogens (tertiary/aromatic N) is 2. The summed E-state index contributed by atoms with van der Waals surface area (Å²) in [7, 11) is 0. The van der Waals surface area contributed by atoms with Crippen LogP contribution in [0.5, 0.6) is 0 Å². The van der Waals surface area contributed by atoms with E-state index in [0.717, 1.165) is 0 Å². The van der Waals surface area contributed by atoms with Crippen molar-refractivity contribution in [1.29, 1.82) is 0 Å². The molecule has 64 valence electrons. The van der Waals surface area contributed by atoms with Crippen molar-refractivity contribution in [1.82, 2.24) is 0 Å². The Morgan fingerprint density at radius 3 is 0.364 bits per heavy atom. The van der Waals surface area contributed by atoms with E-state index in [0.29, 0.717) is 0 Å². The fraction of sp³-hybridized carbons (Fsp3) is 0. The van der Waals surface area contributed by atoms with Gasteiger partial charge in [-0.25, -0.2) is 0 Å². The first-order chi connectivity index (χ1) is 0. The quantitative estimate of drug-likeness (QED) is 0.482. The molecule has 0 spiro atoms. The molecular weight excluding hydrogens is 329 g/mol. The van der Waals surface area contributed by atoms with E-state index in [4.69, 9.17) is 0 Å². The second-order valence-corrected chi connectivity index (χ2v) is 0. The minimum absolute atomic E-state index is 0. The van der Waals surface area contributed by atoms with Crippen molar-refractivity contribution in [2.24, 2.45) is 0 Å². The Labute approximate surface area is 116 Å². The van der Waals surface area contributed by atoms with E-state index < -0.39 is 0 Å². The van der Waals surface area contributed by atoms with Crippen molar-refractivity contribution >= 4 is 54.9 Å². The molecule has 0 saturated heterocycles. The van der Waals surface area contributed by atoms with Crippen molar-refractivity contribution in [3.63, 3.8) is 0 Å². The smallest absolute Gasteiger partial charge is 2.00 e. The Morgan fingerprint density at radius 2 is 0.364 bits per heavy atom. The molecule has 0 rings (SSSR count). The van der Waals surface area contributed by atoms with Crippen LogP contribution in [0.4, 0.5) is 0 Å². The van der Waals surface area contributed by atoms with Gasteiger partial charge < -0.3 is 12.3 Å². The summed E-state index contributed by atoms with van der Waals surface area (Å²) < 4.78 is 0. The summed E-state index contributed by atoms with van der Waals surface area (Å²) in [6.07, 6.45) is 0. The van der Waals surface area contributed by atoms with Gasteiger partial charge in [0.15, 0.2) is 0 Å². The Hall–Kier alpha value is 2.89. The molecule has 2 nitrogen and oxygen atoms in total. The molecule has 0 aromatic heterocycles. The van der Waals surface area contributed by atoms with Crippen molar-refractivity contribution in [3.8, 4) is 0 Å². The first-order valence-corrected chi connectivity index (χ1v) is 0. The molecule has 0 amide bonds. The molecule has 0 bridgehead atoms. The zero-order valence-corrected chi connectivity index (χ0v) is 10.6. The second-order valence-electron chi connectivity index (χ2n) is 0. The van der Waals surface area contributed by atoms with Gasteiger partial charge in [0.05, 0.1) is 0 Å². The van der Waals surface area contributed by atoms with Gasteiger partial charge in [-0.2, -0.15) is 0 Å². The van der Waals surface area contributed by atoms with Crippen molar-refractivity contribution in [3.05, 3.63) is 12.3 Å². The van der Waals surface area contributed by atoms with Gasteiger partial charge in [-0.3, -0.25) is 0 Å². The summed E-state index contributed by atoms with van der Waals surface area (Å²) in [6.45, 7) is 0. The first-order valence-electron chi connectivity index (χ1n) is 0. The normalized spacial score (nSPS) is 0. The maximum absolute atomic E-state index is 0. The number of hydrogen-bond donors (Lipinski definition) is 0. The molecule has 0 fully saturated rings.